The first-order chi connectivity index (χ1) is 12.5. The molecule has 0 saturated heterocycles. The minimum absolute atomic E-state index is 0.348. The Morgan fingerprint density at radius 2 is 1.04 bits per heavy atom. The molecule has 0 saturated carbocycles. The summed E-state index contributed by atoms with van der Waals surface area (Å²) in [5.74, 6) is -0.697. The molecule has 0 aromatic carbocycles. The maximum atomic E-state index is 11.1. The van der Waals surface area contributed by atoms with E-state index in [9.17, 15) is 9.59 Å². The van der Waals surface area contributed by atoms with Crippen molar-refractivity contribution in [3.8, 4) is 0 Å². The molecule has 6 nitrogen and oxygen atoms in total. The number of hydrogen-bond donors (Lipinski definition) is 2. The summed E-state index contributed by atoms with van der Waals surface area (Å²) in [5.41, 5.74) is 11.3. The summed E-state index contributed by atoms with van der Waals surface area (Å²) in [5, 5.41) is 0. The molecule has 0 fully saturated rings. The zero-order valence-corrected chi connectivity index (χ0v) is 16.3. The van der Waals surface area contributed by atoms with Gasteiger partial charge in [0.25, 0.3) is 0 Å². The Hall–Kier alpha value is -1.66. The summed E-state index contributed by atoms with van der Waals surface area (Å²) in [7, 11) is 2.71. The van der Waals surface area contributed by atoms with Crippen LogP contribution in [0.1, 0.15) is 64.2 Å². The number of rotatable bonds is 15. The monoisotopic (exact) mass is 368 g/mol. The van der Waals surface area contributed by atoms with E-state index >= 15 is 0 Å². The van der Waals surface area contributed by atoms with E-state index < -0.39 is 12.1 Å². The first kappa shape index (κ1) is 24.3. The van der Waals surface area contributed by atoms with E-state index in [-0.39, 0.29) is 11.9 Å². The largest absolute Gasteiger partial charge is 0.468 e. The van der Waals surface area contributed by atoms with Crippen LogP contribution in [-0.2, 0) is 19.1 Å². The summed E-state index contributed by atoms with van der Waals surface area (Å²) in [6, 6.07) is -1.04. The van der Waals surface area contributed by atoms with E-state index in [1.807, 2.05) is 0 Å². The number of esters is 2. The molecule has 0 unspecified atom stereocenters. The average molecular weight is 369 g/mol. The Morgan fingerprint density at radius 3 is 1.38 bits per heavy atom. The molecule has 0 aromatic heterocycles. The number of allylic oxidation sites excluding steroid dienone is 4. The first-order valence-corrected chi connectivity index (χ1v) is 9.49. The number of unbranched alkanes of at least 4 members (excludes halogenated alkanes) is 5. The third-order valence-corrected chi connectivity index (χ3v) is 4.12. The highest BCUT2D eigenvalue weighted by Gasteiger charge is 2.12. The molecule has 6 heteroatoms. The van der Waals surface area contributed by atoms with Crippen LogP contribution in [0.3, 0.4) is 0 Å². The van der Waals surface area contributed by atoms with Crippen LogP contribution in [0.4, 0.5) is 0 Å². The Morgan fingerprint density at radius 1 is 0.692 bits per heavy atom. The van der Waals surface area contributed by atoms with Crippen molar-refractivity contribution < 1.29 is 19.1 Å². The zero-order valence-electron chi connectivity index (χ0n) is 16.3. The second kappa shape index (κ2) is 16.8. The SMILES string of the molecule is COC(=O)[C@@H](N)CC/C=C\CCCCCC/C=C\CC[C@H](N)C(=O)OC. The molecule has 0 amide bonds. The predicted octanol–water partition coefficient (Wildman–Crippen LogP) is 3.00. The molecule has 0 spiro atoms. The molecule has 150 valence electrons. The lowest BCUT2D eigenvalue weighted by Gasteiger charge is -2.06. The maximum Gasteiger partial charge on any atom is 0.322 e. The van der Waals surface area contributed by atoms with Crippen LogP contribution in [-0.4, -0.2) is 38.2 Å². The van der Waals surface area contributed by atoms with Crippen molar-refractivity contribution in [3.63, 3.8) is 0 Å². The van der Waals surface area contributed by atoms with Gasteiger partial charge >= 0.3 is 11.9 Å². The minimum Gasteiger partial charge on any atom is -0.468 e. The smallest absolute Gasteiger partial charge is 0.322 e. The summed E-state index contributed by atoms with van der Waals surface area (Å²) in [6.07, 6.45) is 18.3. The topological polar surface area (TPSA) is 105 Å². The van der Waals surface area contributed by atoms with Crippen molar-refractivity contribution in [2.24, 2.45) is 11.5 Å². The maximum absolute atomic E-state index is 11.1. The van der Waals surface area contributed by atoms with E-state index in [1.54, 1.807) is 0 Å². The number of carbonyl (C=O) groups excluding carboxylic acids is 2. The number of hydrogen-bond acceptors (Lipinski definition) is 6. The van der Waals surface area contributed by atoms with Crippen molar-refractivity contribution >= 4 is 11.9 Å². The van der Waals surface area contributed by atoms with Crippen LogP contribution < -0.4 is 11.5 Å². The second-order valence-corrected chi connectivity index (χ2v) is 6.35. The van der Waals surface area contributed by atoms with Crippen molar-refractivity contribution in [1.29, 1.82) is 0 Å². The lowest BCUT2D eigenvalue weighted by molar-refractivity contribution is -0.143. The van der Waals surface area contributed by atoms with Gasteiger partial charge in [-0.05, 0) is 51.4 Å². The van der Waals surface area contributed by atoms with Crippen molar-refractivity contribution in [1.82, 2.24) is 0 Å². The van der Waals surface area contributed by atoms with Crippen molar-refractivity contribution in [2.45, 2.75) is 76.3 Å². The quantitative estimate of drug-likeness (QED) is 0.261. The fourth-order valence-electron chi connectivity index (χ4n) is 2.44. The molecule has 2 atom stereocenters. The lowest BCUT2D eigenvalue weighted by atomic mass is 10.1. The third-order valence-electron chi connectivity index (χ3n) is 4.12. The molecule has 0 aromatic rings. The van der Waals surface area contributed by atoms with Crippen molar-refractivity contribution in [3.05, 3.63) is 24.3 Å². The molecular weight excluding hydrogens is 332 g/mol. The van der Waals surface area contributed by atoms with E-state index in [0.29, 0.717) is 12.8 Å². The van der Waals surface area contributed by atoms with Crippen LogP contribution >= 0.6 is 0 Å². The van der Waals surface area contributed by atoms with Crippen LogP contribution in [0, 0.1) is 0 Å². The van der Waals surface area contributed by atoms with E-state index in [0.717, 1.165) is 25.7 Å². The molecule has 4 N–H and O–H groups in total. The fourth-order valence-corrected chi connectivity index (χ4v) is 2.44. The van der Waals surface area contributed by atoms with E-state index in [1.165, 1.54) is 39.9 Å². The van der Waals surface area contributed by atoms with Gasteiger partial charge in [-0.15, -0.1) is 0 Å². The molecule has 0 radical (unpaired) electrons. The fraction of sp³-hybridized carbons (Fsp3) is 0.700. The van der Waals surface area contributed by atoms with Gasteiger partial charge in [0, 0.05) is 0 Å². The number of nitrogens with two attached hydrogens (primary N) is 2. The van der Waals surface area contributed by atoms with Crippen LogP contribution in [0.5, 0.6) is 0 Å². The van der Waals surface area contributed by atoms with E-state index in [2.05, 4.69) is 33.8 Å². The summed E-state index contributed by atoms with van der Waals surface area (Å²) < 4.78 is 9.17. The Labute approximate surface area is 158 Å². The highest BCUT2D eigenvalue weighted by atomic mass is 16.5. The molecule has 0 rings (SSSR count). The summed E-state index contributed by atoms with van der Waals surface area (Å²) in [4.78, 5) is 22.3. The standard InChI is InChI=1S/C20H36N2O4/c1-25-19(23)17(21)15-13-11-9-7-5-3-4-6-8-10-12-14-16-18(22)20(24)26-2/h9-12,17-18H,3-8,13-16,21-22H2,1-2H3/b11-9-,12-10-/t17-,18-/m0/s1. The minimum atomic E-state index is -0.520. The highest BCUT2D eigenvalue weighted by molar-refractivity contribution is 5.75. The van der Waals surface area contributed by atoms with Gasteiger partial charge in [0.15, 0.2) is 0 Å². The van der Waals surface area contributed by atoms with Gasteiger partial charge in [-0.3, -0.25) is 9.59 Å². The normalized spacial score (nSPS) is 13.8. The Bertz CT molecular complexity index is 396. The highest BCUT2D eigenvalue weighted by Crippen LogP contribution is 2.08. The van der Waals surface area contributed by atoms with Gasteiger partial charge < -0.3 is 20.9 Å². The summed E-state index contributed by atoms with van der Waals surface area (Å²) >= 11 is 0. The summed E-state index contributed by atoms with van der Waals surface area (Å²) in [6.45, 7) is 0. The first-order valence-electron chi connectivity index (χ1n) is 9.49. The van der Waals surface area contributed by atoms with Crippen LogP contribution in [0.15, 0.2) is 24.3 Å². The molecule has 26 heavy (non-hydrogen) atoms. The van der Waals surface area contributed by atoms with Crippen molar-refractivity contribution in [2.75, 3.05) is 14.2 Å². The molecule has 0 bridgehead atoms. The number of ether oxygens (including phenoxy) is 2. The van der Waals surface area contributed by atoms with Gasteiger partial charge in [0.1, 0.15) is 12.1 Å². The van der Waals surface area contributed by atoms with E-state index in [4.69, 9.17) is 11.5 Å². The predicted molar refractivity (Wildman–Crippen MR) is 104 cm³/mol. The zero-order chi connectivity index (χ0) is 19.6. The number of carbonyl (C=O) groups is 2. The van der Waals surface area contributed by atoms with Gasteiger partial charge in [0.2, 0.25) is 0 Å². The van der Waals surface area contributed by atoms with Gasteiger partial charge in [-0.2, -0.15) is 0 Å². The molecule has 0 heterocycles. The Kier molecular flexibility index (Phi) is 15.7. The van der Waals surface area contributed by atoms with Crippen LogP contribution in [0.2, 0.25) is 0 Å². The molecule has 0 aliphatic carbocycles. The average Bonchev–Trinajstić information content (AvgIpc) is 2.66. The van der Waals surface area contributed by atoms with Crippen LogP contribution in [0.25, 0.3) is 0 Å². The van der Waals surface area contributed by atoms with Gasteiger partial charge in [-0.25, -0.2) is 0 Å². The Balaban J connectivity index is 3.43. The number of methoxy groups -OCH3 is 2. The lowest BCUT2D eigenvalue weighted by Crippen LogP contribution is -2.31. The second-order valence-electron chi connectivity index (χ2n) is 6.35. The molecule has 0 aliphatic heterocycles. The van der Waals surface area contributed by atoms with Gasteiger partial charge in [0.05, 0.1) is 14.2 Å². The third kappa shape index (κ3) is 13.6. The van der Waals surface area contributed by atoms with Gasteiger partial charge in [-0.1, -0.05) is 37.1 Å². The molecular formula is C20H36N2O4. The molecule has 0 aliphatic rings.